The maximum absolute atomic E-state index is 11.4. The Morgan fingerprint density at radius 1 is 1.38 bits per heavy atom. The predicted molar refractivity (Wildman–Crippen MR) is 79.8 cm³/mol. The van der Waals surface area contributed by atoms with E-state index in [0.29, 0.717) is 11.7 Å². The number of ether oxygens (including phenoxy) is 1. The third kappa shape index (κ3) is 3.60. The van der Waals surface area contributed by atoms with Crippen LogP contribution in [0, 0.1) is 16.0 Å². The molecule has 0 heterocycles. The van der Waals surface area contributed by atoms with Crippen LogP contribution >= 0.6 is 0 Å². The second kappa shape index (κ2) is 6.70. The topological polar surface area (TPSA) is 69.4 Å². The van der Waals surface area contributed by atoms with Crippen molar-refractivity contribution in [1.82, 2.24) is 0 Å². The number of carbonyl (C=O) groups excluding carboxylic acids is 1. The Morgan fingerprint density at radius 2 is 2.10 bits per heavy atom. The van der Waals surface area contributed by atoms with Crippen LogP contribution in [0.3, 0.4) is 0 Å². The molecule has 2 atom stereocenters. The van der Waals surface area contributed by atoms with E-state index < -0.39 is 4.92 Å². The molecular weight excluding hydrogens is 270 g/mol. The van der Waals surface area contributed by atoms with Crippen molar-refractivity contribution >= 4 is 11.5 Å². The molecule has 1 saturated carbocycles. The number of nitro benzene ring substituents is 1. The monoisotopic (exact) mass is 291 g/mol. The lowest BCUT2D eigenvalue weighted by Gasteiger charge is -2.31. The quantitative estimate of drug-likeness (QED) is 0.464. The maximum Gasteiger partial charge on any atom is 0.283 e. The second-order valence-electron chi connectivity index (χ2n) is 5.60. The van der Waals surface area contributed by atoms with E-state index in [9.17, 15) is 14.9 Å². The van der Waals surface area contributed by atoms with Crippen molar-refractivity contribution in [2.75, 3.05) is 0 Å². The molecule has 5 nitrogen and oxygen atoms in total. The van der Waals surface area contributed by atoms with Crippen molar-refractivity contribution in [1.29, 1.82) is 0 Å². The summed E-state index contributed by atoms with van der Waals surface area (Å²) in [6.45, 7) is 3.48. The molecule has 2 unspecified atom stereocenters. The standard InChI is InChI=1S/C16H21NO4/c1-3-12-6-4-5-7-16(12)21-13-8-9-14(11(2)18)15(10-13)17(19)20/h8-10,12,16H,3-7H2,1-2H3. The zero-order valence-corrected chi connectivity index (χ0v) is 12.5. The van der Waals surface area contributed by atoms with E-state index in [1.807, 2.05) is 0 Å². The first kappa shape index (κ1) is 15.5. The van der Waals surface area contributed by atoms with Gasteiger partial charge < -0.3 is 4.74 Å². The molecule has 0 bridgehead atoms. The molecule has 1 aromatic rings. The van der Waals surface area contributed by atoms with Crippen LogP contribution in [0.25, 0.3) is 0 Å². The van der Waals surface area contributed by atoms with E-state index in [-0.39, 0.29) is 23.1 Å². The van der Waals surface area contributed by atoms with Crippen molar-refractivity contribution in [2.24, 2.45) is 5.92 Å². The Bertz CT molecular complexity index is 541. The van der Waals surface area contributed by atoms with Crippen molar-refractivity contribution in [3.8, 4) is 5.75 Å². The zero-order chi connectivity index (χ0) is 15.4. The molecule has 0 radical (unpaired) electrons. The molecule has 0 spiro atoms. The summed E-state index contributed by atoms with van der Waals surface area (Å²) in [6, 6.07) is 4.52. The molecule has 1 aromatic carbocycles. The molecule has 0 saturated heterocycles. The molecule has 114 valence electrons. The Labute approximate surface area is 124 Å². The highest BCUT2D eigenvalue weighted by molar-refractivity contribution is 5.98. The predicted octanol–water partition coefficient (Wildman–Crippen LogP) is 4.15. The van der Waals surface area contributed by atoms with Crippen LogP contribution in [0.15, 0.2) is 18.2 Å². The van der Waals surface area contributed by atoms with Gasteiger partial charge in [0.15, 0.2) is 5.78 Å². The number of Topliss-reactive ketones (excluding diaryl/α,β-unsaturated/α-hetero) is 1. The molecule has 2 rings (SSSR count). The highest BCUT2D eigenvalue weighted by Gasteiger charge is 2.26. The lowest BCUT2D eigenvalue weighted by atomic mass is 9.85. The number of hydrogen-bond acceptors (Lipinski definition) is 4. The van der Waals surface area contributed by atoms with Gasteiger partial charge in [-0.05, 0) is 50.7 Å². The number of nitrogens with zero attached hydrogens (tertiary/aromatic N) is 1. The maximum atomic E-state index is 11.4. The Morgan fingerprint density at radius 3 is 2.71 bits per heavy atom. The van der Waals surface area contributed by atoms with Gasteiger partial charge in [0.05, 0.1) is 16.6 Å². The summed E-state index contributed by atoms with van der Waals surface area (Å²) < 4.78 is 5.97. The first-order valence-corrected chi connectivity index (χ1v) is 7.49. The van der Waals surface area contributed by atoms with E-state index in [2.05, 4.69) is 6.92 Å². The minimum Gasteiger partial charge on any atom is -0.490 e. The van der Waals surface area contributed by atoms with Crippen LogP contribution in [0.4, 0.5) is 5.69 Å². The zero-order valence-electron chi connectivity index (χ0n) is 12.5. The molecule has 1 aliphatic rings. The van der Waals surface area contributed by atoms with Crippen LogP contribution in [0.1, 0.15) is 56.3 Å². The van der Waals surface area contributed by atoms with Crippen LogP contribution < -0.4 is 4.74 Å². The third-order valence-corrected chi connectivity index (χ3v) is 4.20. The Kier molecular flexibility index (Phi) is 4.94. The minimum absolute atomic E-state index is 0.117. The average molecular weight is 291 g/mol. The van der Waals surface area contributed by atoms with Gasteiger partial charge in [-0.2, -0.15) is 0 Å². The number of nitro groups is 1. The smallest absolute Gasteiger partial charge is 0.283 e. The molecule has 21 heavy (non-hydrogen) atoms. The highest BCUT2D eigenvalue weighted by Crippen LogP contribution is 2.32. The lowest BCUT2D eigenvalue weighted by Crippen LogP contribution is -2.29. The van der Waals surface area contributed by atoms with Crippen molar-refractivity contribution in [3.05, 3.63) is 33.9 Å². The fourth-order valence-corrected chi connectivity index (χ4v) is 3.00. The summed E-state index contributed by atoms with van der Waals surface area (Å²) >= 11 is 0. The SMILES string of the molecule is CCC1CCCCC1Oc1ccc(C(C)=O)c([N+](=O)[O-])c1. The van der Waals surface area contributed by atoms with Gasteiger partial charge in [-0.3, -0.25) is 14.9 Å². The van der Waals surface area contributed by atoms with E-state index in [1.165, 1.54) is 25.5 Å². The van der Waals surface area contributed by atoms with Gasteiger partial charge in [-0.15, -0.1) is 0 Å². The van der Waals surface area contributed by atoms with E-state index in [4.69, 9.17) is 4.74 Å². The fourth-order valence-electron chi connectivity index (χ4n) is 3.00. The third-order valence-electron chi connectivity index (χ3n) is 4.20. The van der Waals surface area contributed by atoms with E-state index in [0.717, 1.165) is 25.7 Å². The lowest BCUT2D eigenvalue weighted by molar-refractivity contribution is -0.385. The van der Waals surface area contributed by atoms with Gasteiger partial charge in [0.25, 0.3) is 5.69 Å². The van der Waals surface area contributed by atoms with Crippen LogP contribution in [-0.4, -0.2) is 16.8 Å². The largest absolute Gasteiger partial charge is 0.490 e. The Hall–Kier alpha value is -1.91. The van der Waals surface area contributed by atoms with Crippen LogP contribution in [-0.2, 0) is 0 Å². The molecular formula is C16H21NO4. The molecule has 1 aliphatic carbocycles. The van der Waals surface area contributed by atoms with Crippen molar-refractivity contribution in [3.63, 3.8) is 0 Å². The molecule has 5 heteroatoms. The van der Waals surface area contributed by atoms with Gasteiger partial charge in [-0.1, -0.05) is 13.3 Å². The van der Waals surface area contributed by atoms with Crippen molar-refractivity contribution in [2.45, 2.75) is 52.1 Å². The summed E-state index contributed by atoms with van der Waals surface area (Å²) in [6.07, 6.45) is 5.66. The van der Waals surface area contributed by atoms with E-state index in [1.54, 1.807) is 6.07 Å². The molecule has 0 aromatic heterocycles. The van der Waals surface area contributed by atoms with Gasteiger partial charge in [0.1, 0.15) is 11.9 Å². The summed E-state index contributed by atoms with van der Waals surface area (Å²) in [5.74, 6) is 0.680. The fraction of sp³-hybridized carbons (Fsp3) is 0.562. The molecule has 0 amide bonds. The average Bonchev–Trinajstić information content (AvgIpc) is 2.47. The van der Waals surface area contributed by atoms with Crippen molar-refractivity contribution < 1.29 is 14.5 Å². The first-order chi connectivity index (χ1) is 10.0. The molecule has 0 aliphatic heterocycles. The summed E-state index contributed by atoms with van der Waals surface area (Å²) in [5, 5.41) is 11.1. The minimum atomic E-state index is -0.526. The highest BCUT2D eigenvalue weighted by atomic mass is 16.6. The number of benzene rings is 1. The number of rotatable bonds is 5. The van der Waals surface area contributed by atoms with Crippen LogP contribution in [0.2, 0.25) is 0 Å². The molecule has 1 fully saturated rings. The van der Waals surface area contributed by atoms with Gasteiger partial charge in [-0.25, -0.2) is 0 Å². The van der Waals surface area contributed by atoms with Gasteiger partial charge >= 0.3 is 0 Å². The molecule has 0 N–H and O–H groups in total. The number of hydrogen-bond donors (Lipinski definition) is 0. The normalized spacial score (nSPS) is 21.8. The van der Waals surface area contributed by atoms with Gasteiger partial charge in [0.2, 0.25) is 0 Å². The first-order valence-electron chi connectivity index (χ1n) is 7.49. The Balaban J connectivity index is 2.22. The summed E-state index contributed by atoms with van der Waals surface area (Å²) in [4.78, 5) is 22.0. The van der Waals surface area contributed by atoms with Crippen LogP contribution in [0.5, 0.6) is 5.75 Å². The number of ketones is 1. The number of carbonyl (C=O) groups is 1. The summed E-state index contributed by atoms with van der Waals surface area (Å²) in [7, 11) is 0. The second-order valence-corrected chi connectivity index (χ2v) is 5.60. The van der Waals surface area contributed by atoms with Gasteiger partial charge in [0, 0.05) is 0 Å². The van der Waals surface area contributed by atoms with E-state index >= 15 is 0 Å². The summed E-state index contributed by atoms with van der Waals surface area (Å²) in [5.41, 5.74) is -0.0492.